The molecule has 2 unspecified atom stereocenters. The molecule has 0 aliphatic heterocycles. The second-order valence-corrected chi connectivity index (χ2v) is 11.7. The van der Waals surface area contributed by atoms with Gasteiger partial charge in [-0.1, -0.05) is 45.0 Å². The topological polar surface area (TPSA) is 78.5 Å². The minimum absolute atomic E-state index is 0.0238. The fourth-order valence-electron chi connectivity index (χ4n) is 2.35. The van der Waals surface area contributed by atoms with Crippen molar-refractivity contribution in [3.05, 3.63) is 29.8 Å². The molecule has 0 bridgehead atoms. The summed E-state index contributed by atoms with van der Waals surface area (Å²) in [5.74, 6) is -0.339. The van der Waals surface area contributed by atoms with Crippen LogP contribution in [0.2, 0.25) is 0 Å². The highest BCUT2D eigenvalue weighted by atomic mass is 32.7. The van der Waals surface area contributed by atoms with E-state index in [1.165, 1.54) is 16.1 Å². The van der Waals surface area contributed by atoms with Crippen molar-refractivity contribution in [2.75, 3.05) is 19.4 Å². The smallest absolute Gasteiger partial charge is 0.294 e. The average Bonchev–Trinajstić information content (AvgIpc) is 2.67. The molecule has 2 N–H and O–H groups in total. The van der Waals surface area contributed by atoms with Gasteiger partial charge in [-0.2, -0.15) is 0 Å². The van der Waals surface area contributed by atoms with Crippen molar-refractivity contribution >= 4 is 35.5 Å². The number of hydrogen-bond acceptors (Lipinski definition) is 4. The number of anilines is 1. The molecule has 6 nitrogen and oxygen atoms in total. The SMILES string of the molecule is CCCCCC(=O)Nc1ccc(C(=O)N(C)P(=O)(NC)SC(C)CC)cc1. The van der Waals surface area contributed by atoms with Gasteiger partial charge in [-0.3, -0.25) is 18.8 Å². The first-order chi connectivity index (χ1) is 12.8. The number of carbonyl (C=O) groups is 2. The Labute approximate surface area is 167 Å². The molecule has 0 fully saturated rings. The van der Waals surface area contributed by atoms with Crippen LogP contribution < -0.4 is 10.4 Å². The number of hydrogen-bond donors (Lipinski definition) is 2. The lowest BCUT2D eigenvalue weighted by Gasteiger charge is -2.28. The summed E-state index contributed by atoms with van der Waals surface area (Å²) in [4.78, 5) is 24.6. The average molecular weight is 414 g/mol. The molecule has 0 radical (unpaired) electrons. The Morgan fingerprint density at radius 3 is 2.33 bits per heavy atom. The van der Waals surface area contributed by atoms with Crippen molar-refractivity contribution in [2.24, 2.45) is 0 Å². The van der Waals surface area contributed by atoms with Crippen LogP contribution in [0.15, 0.2) is 24.3 Å². The summed E-state index contributed by atoms with van der Waals surface area (Å²) in [5.41, 5.74) is 1.09. The van der Waals surface area contributed by atoms with Gasteiger partial charge in [-0.15, -0.1) is 0 Å². The maximum absolute atomic E-state index is 13.1. The molecule has 1 rings (SSSR count). The molecular formula is C19H32N3O3PS. The summed E-state index contributed by atoms with van der Waals surface area (Å²) in [7, 11) is 3.16. The molecular weight excluding hydrogens is 381 g/mol. The van der Waals surface area contributed by atoms with Crippen LogP contribution in [-0.4, -0.2) is 35.8 Å². The number of amides is 2. The van der Waals surface area contributed by atoms with E-state index in [1.807, 2.05) is 13.8 Å². The van der Waals surface area contributed by atoms with Gasteiger partial charge in [0.05, 0.1) is 0 Å². The Bertz CT molecular complexity index is 667. The first-order valence-corrected chi connectivity index (χ1v) is 12.6. The summed E-state index contributed by atoms with van der Waals surface area (Å²) >= 11 is 1.29. The van der Waals surface area contributed by atoms with Gasteiger partial charge in [0.25, 0.3) is 12.6 Å². The molecule has 0 spiro atoms. The van der Waals surface area contributed by atoms with E-state index >= 15 is 0 Å². The Balaban J connectivity index is 2.77. The molecule has 1 aromatic carbocycles. The fraction of sp³-hybridized carbons (Fsp3) is 0.579. The number of nitrogens with one attached hydrogen (secondary N) is 2. The number of nitrogens with zero attached hydrogens (tertiary/aromatic N) is 1. The molecule has 0 aliphatic carbocycles. The van der Waals surface area contributed by atoms with Gasteiger partial charge >= 0.3 is 0 Å². The molecule has 0 aliphatic rings. The number of carbonyl (C=O) groups excluding carboxylic acids is 2. The summed E-state index contributed by atoms with van der Waals surface area (Å²) in [6.45, 7) is 3.05. The van der Waals surface area contributed by atoms with Crippen molar-refractivity contribution in [1.29, 1.82) is 0 Å². The van der Waals surface area contributed by atoms with Crippen molar-refractivity contribution in [3.63, 3.8) is 0 Å². The maximum Gasteiger partial charge on any atom is 0.294 e. The Morgan fingerprint density at radius 2 is 1.81 bits per heavy atom. The van der Waals surface area contributed by atoms with Crippen molar-refractivity contribution in [2.45, 2.75) is 58.1 Å². The Hall–Kier alpha value is -1.30. The summed E-state index contributed by atoms with van der Waals surface area (Å²) in [6, 6.07) is 6.69. The van der Waals surface area contributed by atoms with Crippen LogP contribution in [0.25, 0.3) is 0 Å². The third kappa shape index (κ3) is 7.32. The quantitative estimate of drug-likeness (QED) is 0.388. The zero-order valence-corrected chi connectivity index (χ0v) is 18.7. The lowest BCUT2D eigenvalue weighted by atomic mass is 10.1. The van der Waals surface area contributed by atoms with Gasteiger partial charge < -0.3 is 5.32 Å². The maximum atomic E-state index is 13.1. The predicted octanol–water partition coefficient (Wildman–Crippen LogP) is 5.14. The van der Waals surface area contributed by atoms with Crippen LogP contribution in [-0.2, 0) is 9.36 Å². The van der Waals surface area contributed by atoms with Gasteiger partial charge in [0.1, 0.15) is 0 Å². The van der Waals surface area contributed by atoms with E-state index in [9.17, 15) is 14.2 Å². The summed E-state index contributed by atoms with van der Waals surface area (Å²) in [6.07, 6.45) is 4.34. The molecule has 1 aromatic rings. The molecule has 27 heavy (non-hydrogen) atoms. The highest BCUT2D eigenvalue weighted by Gasteiger charge is 2.32. The highest BCUT2D eigenvalue weighted by molar-refractivity contribution is 8.57. The van der Waals surface area contributed by atoms with E-state index < -0.39 is 6.65 Å². The highest BCUT2D eigenvalue weighted by Crippen LogP contribution is 2.59. The standard InChI is InChI=1S/C19H32N3O3PS/c1-6-8-9-10-18(23)21-17-13-11-16(12-14-17)19(24)22(5)26(25,20-4)27-15(3)7-2/h11-15H,6-10H2,1-5H3,(H,20,25)(H,21,23). The fourth-order valence-corrected chi connectivity index (χ4v) is 6.77. The van der Waals surface area contributed by atoms with Crippen LogP contribution in [0.1, 0.15) is 63.2 Å². The van der Waals surface area contributed by atoms with Crippen LogP contribution in [0.5, 0.6) is 0 Å². The van der Waals surface area contributed by atoms with Gasteiger partial charge in [0.2, 0.25) is 5.91 Å². The predicted molar refractivity (Wildman–Crippen MR) is 115 cm³/mol. The van der Waals surface area contributed by atoms with E-state index in [1.54, 1.807) is 38.4 Å². The zero-order valence-electron chi connectivity index (χ0n) is 16.9. The summed E-state index contributed by atoms with van der Waals surface area (Å²) < 4.78 is 14.4. The van der Waals surface area contributed by atoms with Crippen LogP contribution >= 0.6 is 18.0 Å². The summed E-state index contributed by atoms with van der Waals surface area (Å²) in [5, 5.41) is 5.83. The van der Waals surface area contributed by atoms with E-state index in [2.05, 4.69) is 17.3 Å². The monoisotopic (exact) mass is 413 g/mol. The first kappa shape index (κ1) is 23.7. The normalized spacial score (nSPS) is 14.3. The molecule has 8 heteroatoms. The second-order valence-electron chi connectivity index (χ2n) is 6.48. The second kappa shape index (κ2) is 11.5. The van der Waals surface area contributed by atoms with Crippen LogP contribution in [0, 0.1) is 0 Å². The van der Waals surface area contributed by atoms with Gasteiger partial charge in [0, 0.05) is 30.0 Å². The van der Waals surface area contributed by atoms with Crippen molar-refractivity contribution < 1.29 is 14.2 Å². The molecule has 2 amide bonds. The van der Waals surface area contributed by atoms with E-state index in [0.717, 1.165) is 25.7 Å². The minimum atomic E-state index is -3.06. The number of benzene rings is 1. The van der Waals surface area contributed by atoms with E-state index in [4.69, 9.17) is 0 Å². The lowest BCUT2D eigenvalue weighted by molar-refractivity contribution is -0.116. The largest absolute Gasteiger partial charge is 0.326 e. The molecule has 0 heterocycles. The third-order valence-corrected chi connectivity index (χ3v) is 10.0. The minimum Gasteiger partial charge on any atom is -0.326 e. The van der Waals surface area contributed by atoms with Crippen LogP contribution in [0.4, 0.5) is 5.69 Å². The molecule has 0 saturated heterocycles. The number of rotatable bonds is 11. The zero-order chi connectivity index (χ0) is 20.4. The molecule has 0 aromatic heterocycles. The van der Waals surface area contributed by atoms with Crippen LogP contribution in [0.3, 0.4) is 0 Å². The Morgan fingerprint density at radius 1 is 1.19 bits per heavy atom. The van der Waals surface area contributed by atoms with Gasteiger partial charge in [-0.05, 0) is 44.2 Å². The lowest BCUT2D eigenvalue weighted by Crippen LogP contribution is -2.28. The van der Waals surface area contributed by atoms with E-state index in [0.29, 0.717) is 17.7 Å². The van der Waals surface area contributed by atoms with Gasteiger partial charge in [0.15, 0.2) is 0 Å². The number of unbranched alkanes of at least 4 members (excludes halogenated alkanes) is 2. The molecule has 0 saturated carbocycles. The molecule has 2 atom stereocenters. The third-order valence-electron chi connectivity index (χ3n) is 4.29. The van der Waals surface area contributed by atoms with Gasteiger partial charge in [-0.25, -0.2) is 5.09 Å². The first-order valence-electron chi connectivity index (χ1n) is 9.43. The molecule has 152 valence electrons. The Kier molecular flexibility index (Phi) is 10.1. The van der Waals surface area contributed by atoms with Crippen molar-refractivity contribution in [1.82, 2.24) is 9.76 Å². The van der Waals surface area contributed by atoms with Crippen molar-refractivity contribution in [3.8, 4) is 0 Å². The van der Waals surface area contributed by atoms with E-state index in [-0.39, 0.29) is 17.1 Å².